The zero-order chi connectivity index (χ0) is 20.8. The van der Waals surface area contributed by atoms with Crippen LogP contribution in [0.3, 0.4) is 0 Å². The van der Waals surface area contributed by atoms with Crippen LogP contribution in [-0.4, -0.2) is 22.9 Å². The van der Waals surface area contributed by atoms with Gasteiger partial charge in [-0.2, -0.15) is 0 Å². The lowest BCUT2D eigenvalue weighted by Crippen LogP contribution is -2.38. The summed E-state index contributed by atoms with van der Waals surface area (Å²) in [5, 5.41) is 5.65. The zero-order valence-electron chi connectivity index (χ0n) is 17.0. The van der Waals surface area contributed by atoms with Crippen molar-refractivity contribution >= 4 is 23.3 Å². The second kappa shape index (κ2) is 7.13. The Morgan fingerprint density at radius 1 is 0.839 bits per heavy atom. The van der Waals surface area contributed by atoms with Crippen molar-refractivity contribution in [3.63, 3.8) is 0 Å². The highest BCUT2D eigenvalue weighted by molar-refractivity contribution is 6.10. The third-order valence-corrected chi connectivity index (χ3v) is 6.47. The van der Waals surface area contributed by atoms with Gasteiger partial charge in [0.25, 0.3) is 5.91 Å². The number of fused-ring (bicyclic) bond motifs is 5. The van der Waals surface area contributed by atoms with E-state index in [9.17, 15) is 4.79 Å². The SMILES string of the molecule is O=C1C=c2ccccc2=C2C=CC=CC2N1C1=CNC2C=CC=CC2c2ccccc21. The van der Waals surface area contributed by atoms with Crippen LogP contribution in [0.1, 0.15) is 17.0 Å². The van der Waals surface area contributed by atoms with Crippen molar-refractivity contribution in [3.05, 3.63) is 125 Å². The van der Waals surface area contributed by atoms with Crippen LogP contribution in [0, 0.1) is 0 Å². The summed E-state index contributed by atoms with van der Waals surface area (Å²) in [5.41, 5.74) is 4.37. The van der Waals surface area contributed by atoms with Crippen LogP contribution < -0.4 is 15.8 Å². The summed E-state index contributed by atoms with van der Waals surface area (Å²) >= 11 is 0. The smallest absolute Gasteiger partial charge is 0.252 e. The van der Waals surface area contributed by atoms with Gasteiger partial charge in [-0.1, -0.05) is 97.1 Å². The minimum Gasteiger partial charge on any atom is -0.382 e. The standard InChI is InChI=1S/C28H22N2O/c31-28-17-19-9-1-2-10-20(19)23-13-6-8-16-26(23)30(28)27-18-29-25-15-7-5-12-22(25)21-11-3-4-14-24(21)27/h1-18,22,25-26,29H. The van der Waals surface area contributed by atoms with Crippen molar-refractivity contribution in [2.45, 2.75) is 18.0 Å². The maximum atomic E-state index is 13.7. The quantitative estimate of drug-likeness (QED) is 0.795. The van der Waals surface area contributed by atoms with E-state index in [-0.39, 0.29) is 23.9 Å². The van der Waals surface area contributed by atoms with Gasteiger partial charge in [-0.15, -0.1) is 0 Å². The van der Waals surface area contributed by atoms with E-state index in [0.717, 1.165) is 27.3 Å². The Morgan fingerprint density at radius 2 is 1.65 bits per heavy atom. The third kappa shape index (κ3) is 2.85. The number of hydrogen-bond donors (Lipinski definition) is 1. The largest absolute Gasteiger partial charge is 0.382 e. The lowest BCUT2D eigenvalue weighted by atomic mass is 9.85. The Labute approximate surface area is 181 Å². The van der Waals surface area contributed by atoms with Gasteiger partial charge in [0.15, 0.2) is 0 Å². The topological polar surface area (TPSA) is 32.3 Å². The van der Waals surface area contributed by atoms with E-state index in [1.54, 1.807) is 6.08 Å². The Kier molecular flexibility index (Phi) is 4.13. The molecular weight excluding hydrogens is 380 g/mol. The molecule has 1 amide bonds. The van der Waals surface area contributed by atoms with Crippen LogP contribution >= 0.6 is 0 Å². The van der Waals surface area contributed by atoms with Crippen molar-refractivity contribution in [1.82, 2.24) is 10.2 Å². The molecule has 4 aliphatic rings. The summed E-state index contributed by atoms with van der Waals surface area (Å²) in [7, 11) is 0. The van der Waals surface area contributed by atoms with Crippen LogP contribution in [0.25, 0.3) is 17.3 Å². The summed E-state index contributed by atoms with van der Waals surface area (Å²) < 4.78 is 0. The monoisotopic (exact) mass is 402 g/mol. The van der Waals surface area contributed by atoms with Crippen molar-refractivity contribution < 1.29 is 4.79 Å². The summed E-state index contributed by atoms with van der Waals surface area (Å²) in [5.74, 6) is 0.217. The van der Waals surface area contributed by atoms with E-state index >= 15 is 0 Å². The Hall–Kier alpha value is -3.85. The number of nitrogens with zero attached hydrogens (tertiary/aromatic N) is 1. The maximum Gasteiger partial charge on any atom is 0.252 e. The van der Waals surface area contributed by atoms with Gasteiger partial charge in [-0.3, -0.25) is 9.69 Å². The lowest BCUT2D eigenvalue weighted by Gasteiger charge is -2.33. The number of nitrogens with one attached hydrogen (secondary N) is 1. The molecule has 2 aliphatic heterocycles. The average molecular weight is 402 g/mol. The fraction of sp³-hybridized carbons (Fsp3) is 0.107. The molecule has 0 radical (unpaired) electrons. The molecule has 31 heavy (non-hydrogen) atoms. The summed E-state index contributed by atoms with van der Waals surface area (Å²) in [6.45, 7) is 0. The molecule has 2 heterocycles. The third-order valence-electron chi connectivity index (χ3n) is 6.47. The van der Waals surface area contributed by atoms with Gasteiger partial charge in [0.05, 0.1) is 17.8 Å². The summed E-state index contributed by atoms with van der Waals surface area (Å²) in [4.78, 5) is 15.6. The van der Waals surface area contributed by atoms with Crippen LogP contribution in [0.15, 0.2) is 103 Å². The van der Waals surface area contributed by atoms with Crippen molar-refractivity contribution in [3.8, 4) is 0 Å². The molecule has 2 aromatic rings. The highest BCUT2D eigenvalue weighted by Crippen LogP contribution is 2.37. The van der Waals surface area contributed by atoms with E-state index in [1.807, 2.05) is 35.4 Å². The predicted octanol–water partition coefficient (Wildman–Crippen LogP) is 3.13. The number of carbonyl (C=O) groups excluding carboxylic acids is 1. The molecule has 0 aromatic heterocycles. The van der Waals surface area contributed by atoms with Crippen LogP contribution in [-0.2, 0) is 4.79 Å². The first-order valence-electron chi connectivity index (χ1n) is 10.7. The van der Waals surface area contributed by atoms with E-state index in [0.29, 0.717) is 0 Å². The van der Waals surface area contributed by atoms with E-state index in [4.69, 9.17) is 0 Å². The first kappa shape index (κ1) is 18.0. The first-order chi connectivity index (χ1) is 15.3. The molecule has 1 N–H and O–H groups in total. The molecule has 150 valence electrons. The molecule has 0 saturated heterocycles. The highest BCUT2D eigenvalue weighted by atomic mass is 16.2. The van der Waals surface area contributed by atoms with Crippen LogP contribution in [0.2, 0.25) is 0 Å². The Balaban J connectivity index is 1.58. The Bertz CT molecular complexity index is 1360. The maximum absolute atomic E-state index is 13.7. The molecule has 0 bridgehead atoms. The molecule has 3 atom stereocenters. The van der Waals surface area contributed by atoms with Gasteiger partial charge < -0.3 is 5.32 Å². The van der Waals surface area contributed by atoms with Gasteiger partial charge >= 0.3 is 0 Å². The predicted molar refractivity (Wildman–Crippen MR) is 125 cm³/mol. The summed E-state index contributed by atoms with van der Waals surface area (Å²) in [6.07, 6.45) is 20.7. The molecule has 2 aliphatic carbocycles. The minimum absolute atomic E-state index is 0.00814. The van der Waals surface area contributed by atoms with Gasteiger partial charge in [0, 0.05) is 23.8 Å². The number of carbonyl (C=O) groups is 1. The van der Waals surface area contributed by atoms with Crippen molar-refractivity contribution in [1.29, 1.82) is 0 Å². The number of amides is 1. The van der Waals surface area contributed by atoms with E-state index in [1.165, 1.54) is 5.56 Å². The first-order valence-corrected chi connectivity index (χ1v) is 10.7. The van der Waals surface area contributed by atoms with E-state index < -0.39 is 0 Å². The van der Waals surface area contributed by atoms with Crippen LogP contribution in [0.5, 0.6) is 0 Å². The number of allylic oxidation sites excluding steroid dienone is 4. The molecule has 0 saturated carbocycles. The normalized spacial score (nSPS) is 25.2. The van der Waals surface area contributed by atoms with Gasteiger partial charge in [0.2, 0.25) is 0 Å². The second-order valence-electron chi connectivity index (χ2n) is 8.19. The number of benzene rings is 2. The zero-order valence-corrected chi connectivity index (χ0v) is 17.0. The van der Waals surface area contributed by atoms with Crippen molar-refractivity contribution in [2.75, 3.05) is 0 Å². The second-order valence-corrected chi connectivity index (χ2v) is 8.19. The highest BCUT2D eigenvalue weighted by Gasteiger charge is 2.34. The van der Waals surface area contributed by atoms with Gasteiger partial charge in [-0.25, -0.2) is 0 Å². The van der Waals surface area contributed by atoms with E-state index in [2.05, 4.69) is 78.2 Å². The van der Waals surface area contributed by atoms with Gasteiger partial charge in [0.1, 0.15) is 0 Å². The summed E-state index contributed by atoms with van der Waals surface area (Å²) in [6, 6.07) is 16.6. The molecule has 0 fully saturated rings. The van der Waals surface area contributed by atoms with Crippen LogP contribution in [0.4, 0.5) is 0 Å². The minimum atomic E-state index is -0.162. The molecule has 6 rings (SSSR count). The van der Waals surface area contributed by atoms with Gasteiger partial charge in [-0.05, 0) is 21.6 Å². The number of rotatable bonds is 1. The fourth-order valence-corrected chi connectivity index (χ4v) is 5.04. The molecule has 3 heteroatoms. The Morgan fingerprint density at radius 3 is 2.61 bits per heavy atom. The molecule has 3 unspecified atom stereocenters. The molecule has 2 aromatic carbocycles. The molecular formula is C28H22N2O. The van der Waals surface area contributed by atoms with Crippen molar-refractivity contribution in [2.24, 2.45) is 0 Å². The molecule has 0 spiro atoms. The average Bonchev–Trinajstić information content (AvgIpc) is 3.05. The number of hydrogen-bond acceptors (Lipinski definition) is 2. The molecule has 3 nitrogen and oxygen atoms in total. The lowest BCUT2D eigenvalue weighted by molar-refractivity contribution is -0.121. The fourth-order valence-electron chi connectivity index (χ4n) is 5.04.